The molecule has 0 amide bonds. The van der Waals surface area contributed by atoms with Crippen molar-refractivity contribution in [1.82, 2.24) is 4.73 Å². The number of aliphatic carboxylic acids is 1. The molecule has 1 aromatic heterocycles. The Morgan fingerprint density at radius 1 is 1.22 bits per heavy atom. The SMILES string of the molecule is [2H]C1([2H])C([2H])([2H])C([2H])([2H])C([2H])(c2cc(C)cc(=O)n2O[C@@H]2O[C@H](C(=O)O)[C@@H](O)[C@H](O)[C@H]2O)C([2H])([2H])C1([2H])[2H]. The fraction of sp³-hybridized carbons (Fsp3) is 0.667. The van der Waals surface area contributed by atoms with Crippen LogP contribution in [0.2, 0.25) is 0 Å². The third-order valence-electron chi connectivity index (χ3n) is 3.91. The van der Waals surface area contributed by atoms with Crippen LogP contribution in [0.3, 0.4) is 0 Å². The first-order valence-corrected chi connectivity index (χ1v) is 7.77. The molecule has 2 fully saturated rings. The number of aryl methyl sites for hydroxylation is 1. The average molecular weight is 394 g/mol. The monoisotopic (exact) mass is 394 g/mol. The Balaban J connectivity index is 2.31. The molecular weight excluding hydrogens is 358 g/mol. The van der Waals surface area contributed by atoms with E-state index >= 15 is 0 Å². The first-order chi connectivity index (χ1) is 16.9. The van der Waals surface area contributed by atoms with Crippen LogP contribution in [0.4, 0.5) is 0 Å². The first-order valence-electron chi connectivity index (χ1n) is 13.3. The van der Waals surface area contributed by atoms with Crippen molar-refractivity contribution in [3.8, 4) is 0 Å². The van der Waals surface area contributed by atoms with Crippen LogP contribution in [-0.4, -0.2) is 61.8 Å². The van der Waals surface area contributed by atoms with Gasteiger partial charge in [-0.1, -0.05) is 19.1 Å². The van der Waals surface area contributed by atoms with Gasteiger partial charge in [0.2, 0.25) is 0 Å². The van der Waals surface area contributed by atoms with E-state index in [2.05, 4.69) is 0 Å². The Morgan fingerprint density at radius 3 is 2.52 bits per heavy atom. The Hall–Kier alpha value is -1.94. The number of carbonyl (C=O) groups is 1. The maximum atomic E-state index is 12.9. The van der Waals surface area contributed by atoms with Crippen LogP contribution >= 0.6 is 0 Å². The van der Waals surface area contributed by atoms with Crippen LogP contribution in [0.1, 0.15) is 64.1 Å². The number of aromatic nitrogens is 1. The number of aliphatic hydroxyl groups excluding tert-OH is 3. The summed E-state index contributed by atoms with van der Waals surface area (Å²) in [7, 11) is 0. The van der Waals surface area contributed by atoms with Gasteiger partial charge in [0.25, 0.3) is 11.8 Å². The molecule has 9 nitrogen and oxygen atoms in total. The van der Waals surface area contributed by atoms with Crippen LogP contribution in [0.15, 0.2) is 16.9 Å². The molecule has 150 valence electrons. The van der Waals surface area contributed by atoms with Crippen LogP contribution in [-0.2, 0) is 9.53 Å². The number of hydrogen-bond donors (Lipinski definition) is 4. The highest BCUT2D eigenvalue weighted by Crippen LogP contribution is 2.32. The summed E-state index contributed by atoms with van der Waals surface area (Å²) < 4.78 is 95.8. The van der Waals surface area contributed by atoms with E-state index < -0.39 is 85.7 Å². The summed E-state index contributed by atoms with van der Waals surface area (Å²) in [5.41, 5.74) is -2.55. The molecule has 1 aliphatic carbocycles. The van der Waals surface area contributed by atoms with Crippen molar-refractivity contribution in [1.29, 1.82) is 0 Å². The number of pyridine rings is 1. The Bertz CT molecular complexity index is 1160. The fourth-order valence-corrected chi connectivity index (χ4v) is 2.59. The second kappa shape index (κ2) is 7.97. The van der Waals surface area contributed by atoms with Crippen molar-refractivity contribution in [3.05, 3.63) is 33.7 Å². The molecular formula is C18H25NO8. The van der Waals surface area contributed by atoms with Crippen molar-refractivity contribution in [3.63, 3.8) is 0 Å². The topological polar surface area (TPSA) is 138 Å². The molecule has 0 aromatic carbocycles. The van der Waals surface area contributed by atoms with Gasteiger partial charge in [-0.05, 0) is 31.3 Å². The van der Waals surface area contributed by atoms with Gasteiger partial charge in [0.1, 0.15) is 18.3 Å². The molecule has 1 aromatic rings. The molecule has 1 saturated carbocycles. The lowest BCUT2D eigenvalue weighted by molar-refractivity contribution is -0.295. The number of ether oxygens (including phenoxy) is 1. The molecule has 4 N–H and O–H groups in total. The summed E-state index contributed by atoms with van der Waals surface area (Å²) in [5.74, 6) is -5.61. The smallest absolute Gasteiger partial charge is 0.335 e. The van der Waals surface area contributed by atoms with Crippen molar-refractivity contribution < 1.29 is 49.9 Å². The second-order valence-corrected chi connectivity index (χ2v) is 5.89. The van der Waals surface area contributed by atoms with Gasteiger partial charge >= 0.3 is 5.97 Å². The van der Waals surface area contributed by atoms with Gasteiger partial charge in [-0.25, -0.2) is 4.79 Å². The molecule has 0 radical (unpaired) electrons. The predicted molar refractivity (Wildman–Crippen MR) is 92.2 cm³/mol. The quantitative estimate of drug-likeness (QED) is 0.537. The van der Waals surface area contributed by atoms with Crippen molar-refractivity contribution >= 4 is 5.97 Å². The summed E-state index contributed by atoms with van der Waals surface area (Å²) in [5, 5.41) is 39.4. The van der Waals surface area contributed by atoms with Gasteiger partial charge < -0.3 is 30.0 Å². The van der Waals surface area contributed by atoms with E-state index in [9.17, 15) is 30.0 Å². The molecule has 0 bridgehead atoms. The molecule has 2 aliphatic rings. The van der Waals surface area contributed by atoms with Crippen LogP contribution in [0, 0.1) is 6.92 Å². The van der Waals surface area contributed by atoms with Crippen LogP contribution < -0.4 is 10.4 Å². The summed E-state index contributed by atoms with van der Waals surface area (Å²) in [6.45, 7) is 1.24. The van der Waals surface area contributed by atoms with Gasteiger partial charge in [-0.2, -0.15) is 0 Å². The number of aliphatic hydroxyl groups is 3. The van der Waals surface area contributed by atoms with E-state index in [1.54, 1.807) is 0 Å². The number of rotatable bonds is 4. The Labute approximate surface area is 171 Å². The van der Waals surface area contributed by atoms with E-state index in [0.717, 1.165) is 12.1 Å². The van der Waals surface area contributed by atoms with Crippen molar-refractivity contribution in [2.45, 2.75) is 75.4 Å². The molecule has 2 heterocycles. The molecule has 1 saturated heterocycles. The molecule has 27 heavy (non-hydrogen) atoms. The minimum Gasteiger partial charge on any atom is -0.479 e. The van der Waals surface area contributed by atoms with E-state index in [-0.39, 0.29) is 10.3 Å². The lowest BCUT2D eigenvalue weighted by Crippen LogP contribution is -2.62. The predicted octanol–water partition coefficient (Wildman–Crippen LogP) is -0.475. The minimum atomic E-state index is -3.92. The normalized spacial score (nSPS) is 48.7. The van der Waals surface area contributed by atoms with Crippen molar-refractivity contribution in [2.75, 3.05) is 0 Å². The Morgan fingerprint density at radius 2 is 1.89 bits per heavy atom. The van der Waals surface area contributed by atoms with Gasteiger partial charge in [0.05, 0.1) is 5.69 Å². The van der Waals surface area contributed by atoms with Crippen LogP contribution in [0.5, 0.6) is 0 Å². The van der Waals surface area contributed by atoms with E-state index in [1.807, 2.05) is 0 Å². The number of carboxylic acids is 1. The number of carboxylic acid groups (broad SMARTS) is 1. The zero-order valence-electron chi connectivity index (χ0n) is 24.9. The number of nitrogens with zero attached hydrogens (tertiary/aromatic N) is 1. The fourth-order valence-electron chi connectivity index (χ4n) is 2.59. The largest absolute Gasteiger partial charge is 0.479 e. The number of hydrogen-bond acceptors (Lipinski definition) is 7. The van der Waals surface area contributed by atoms with Gasteiger partial charge in [0.15, 0.2) is 6.10 Å². The highest BCUT2D eigenvalue weighted by Gasteiger charge is 2.48. The van der Waals surface area contributed by atoms with E-state index in [4.69, 9.17) is 24.7 Å². The molecule has 5 atom stereocenters. The average Bonchev–Trinajstić information content (AvgIpc) is 2.78. The molecule has 1 aliphatic heterocycles. The van der Waals surface area contributed by atoms with Gasteiger partial charge in [-0.3, -0.25) is 4.79 Å². The standard InChI is InChI=1S/C18H25NO8/c1-9-7-11(10-5-3-2-4-6-10)19(12(20)8-9)27-18-15(23)13(21)14(22)16(26-18)17(24)25/h7-8,10,13-16,18,21-23H,2-6H2,1H3,(H,24,25)/t13-,14-,15+,16-,18-/m0/s1/i2D2,3D2,4D2,5D2,6D2,10D. The first kappa shape index (κ1) is 10.0. The lowest BCUT2D eigenvalue weighted by atomic mass is 9.86. The third-order valence-corrected chi connectivity index (χ3v) is 3.91. The van der Waals surface area contributed by atoms with Crippen molar-refractivity contribution in [2.24, 2.45) is 0 Å². The molecule has 9 heteroatoms. The maximum absolute atomic E-state index is 12.9. The summed E-state index contributed by atoms with van der Waals surface area (Å²) in [6.07, 6.45) is -30.6. The highest BCUT2D eigenvalue weighted by molar-refractivity contribution is 5.73. The second-order valence-electron chi connectivity index (χ2n) is 5.89. The van der Waals surface area contributed by atoms with E-state index in [0.29, 0.717) is 0 Å². The minimum absolute atomic E-state index is 0.0417. The third kappa shape index (κ3) is 4.01. The lowest BCUT2D eigenvalue weighted by Gasteiger charge is -2.38. The van der Waals surface area contributed by atoms with Crippen LogP contribution in [0.25, 0.3) is 0 Å². The van der Waals surface area contributed by atoms with E-state index in [1.165, 1.54) is 6.92 Å². The highest BCUT2D eigenvalue weighted by atomic mass is 16.8. The molecule has 3 rings (SSSR count). The Kier molecular flexibility index (Phi) is 2.96. The summed E-state index contributed by atoms with van der Waals surface area (Å²) in [4.78, 5) is 29.5. The zero-order chi connectivity index (χ0) is 29.6. The maximum Gasteiger partial charge on any atom is 0.335 e. The van der Waals surface area contributed by atoms with Gasteiger partial charge in [0, 0.05) is 27.0 Å². The van der Waals surface area contributed by atoms with Gasteiger partial charge in [-0.15, -0.1) is 4.73 Å². The molecule has 0 unspecified atom stereocenters. The summed E-state index contributed by atoms with van der Waals surface area (Å²) >= 11 is 0. The molecule has 0 spiro atoms. The zero-order valence-corrected chi connectivity index (χ0v) is 13.9. The summed E-state index contributed by atoms with van der Waals surface area (Å²) in [6, 6.07) is 1.57.